The van der Waals surface area contributed by atoms with Crippen molar-refractivity contribution in [1.29, 1.82) is 0 Å². The summed E-state index contributed by atoms with van der Waals surface area (Å²) in [7, 11) is -1.48. The Bertz CT molecular complexity index is 801. The number of thioether (sulfide) groups is 1. The van der Waals surface area contributed by atoms with Gasteiger partial charge in [-0.25, -0.2) is 8.42 Å². The molecule has 0 unspecified atom stereocenters. The highest BCUT2D eigenvalue weighted by atomic mass is 32.2. The Labute approximate surface area is 144 Å². The van der Waals surface area contributed by atoms with Crippen molar-refractivity contribution < 1.29 is 17.9 Å². The molecule has 0 spiro atoms. The number of benzene rings is 1. The van der Waals surface area contributed by atoms with Crippen LogP contribution in [0, 0.1) is 0 Å². The molecule has 0 bridgehead atoms. The Morgan fingerprint density at radius 1 is 1.43 bits per heavy atom. The molecule has 23 heavy (non-hydrogen) atoms. The third-order valence-corrected chi connectivity index (χ3v) is 6.87. The van der Waals surface area contributed by atoms with Crippen molar-refractivity contribution in [3.05, 3.63) is 34.7 Å². The Morgan fingerprint density at radius 2 is 2.22 bits per heavy atom. The van der Waals surface area contributed by atoms with Gasteiger partial charge in [-0.1, -0.05) is 36.1 Å². The number of nitrogens with zero attached hydrogens (tertiary/aromatic N) is 1. The summed E-state index contributed by atoms with van der Waals surface area (Å²) in [5, 5.41) is 0. The minimum Gasteiger partial charge on any atom is -0.497 e. The average molecular weight is 369 g/mol. The molecule has 5 nitrogen and oxygen atoms in total. The molecule has 2 aliphatic rings. The van der Waals surface area contributed by atoms with Gasteiger partial charge in [0.15, 0.2) is 9.84 Å². The summed E-state index contributed by atoms with van der Waals surface area (Å²) in [4.78, 5) is 14.6. The molecule has 1 aromatic rings. The second-order valence-electron chi connectivity index (χ2n) is 5.39. The lowest BCUT2D eigenvalue weighted by molar-refractivity contribution is -0.123. The SMILES string of the molecule is COc1cccc(/C=C2\SC(=S)N([C@@H]3CCS(=O)(=O)C3)C2=O)c1. The summed E-state index contributed by atoms with van der Waals surface area (Å²) >= 11 is 6.49. The van der Waals surface area contributed by atoms with E-state index in [1.54, 1.807) is 13.2 Å². The molecule has 1 amide bonds. The fraction of sp³-hybridized carbons (Fsp3) is 0.333. The summed E-state index contributed by atoms with van der Waals surface area (Å²) in [6, 6.07) is 7.02. The zero-order valence-electron chi connectivity index (χ0n) is 12.4. The topological polar surface area (TPSA) is 63.7 Å². The first-order valence-electron chi connectivity index (χ1n) is 7.01. The summed E-state index contributed by atoms with van der Waals surface area (Å²) < 4.78 is 28.9. The van der Waals surface area contributed by atoms with E-state index in [1.165, 1.54) is 16.7 Å². The molecule has 2 saturated heterocycles. The molecule has 1 aromatic carbocycles. The van der Waals surface area contributed by atoms with Gasteiger partial charge in [-0.15, -0.1) is 0 Å². The number of hydrogen-bond acceptors (Lipinski definition) is 6. The van der Waals surface area contributed by atoms with Gasteiger partial charge in [-0.05, 0) is 30.2 Å². The van der Waals surface area contributed by atoms with Crippen LogP contribution < -0.4 is 4.74 Å². The Morgan fingerprint density at radius 3 is 2.87 bits per heavy atom. The lowest BCUT2D eigenvalue weighted by Crippen LogP contribution is -2.39. The normalized spacial score (nSPS) is 25.3. The quantitative estimate of drug-likeness (QED) is 0.600. The first-order valence-corrected chi connectivity index (χ1v) is 10.1. The summed E-state index contributed by atoms with van der Waals surface area (Å²) in [5.41, 5.74) is 0.837. The predicted octanol–water partition coefficient (Wildman–Crippen LogP) is 2.08. The number of carbonyl (C=O) groups excluding carboxylic acids is 1. The molecular weight excluding hydrogens is 354 g/mol. The standard InChI is InChI=1S/C15H15NO4S3/c1-20-12-4-2-3-10(7-12)8-13-14(17)16(15(21)22-13)11-5-6-23(18,19)9-11/h2-4,7-8,11H,5-6,9H2,1H3/b13-8-/t11-/m1/s1. The van der Waals surface area contributed by atoms with Crippen molar-refractivity contribution in [2.45, 2.75) is 12.5 Å². The Hall–Kier alpha value is -1.38. The molecule has 0 aliphatic carbocycles. The van der Waals surface area contributed by atoms with Gasteiger partial charge in [-0.2, -0.15) is 0 Å². The van der Waals surface area contributed by atoms with Crippen LogP contribution in [0.2, 0.25) is 0 Å². The highest BCUT2D eigenvalue weighted by molar-refractivity contribution is 8.26. The van der Waals surface area contributed by atoms with Crippen LogP contribution in [-0.4, -0.2) is 48.2 Å². The molecule has 3 rings (SSSR count). The first-order chi connectivity index (χ1) is 10.9. The smallest absolute Gasteiger partial charge is 0.266 e. The molecule has 8 heteroatoms. The molecule has 0 aromatic heterocycles. The van der Waals surface area contributed by atoms with Crippen molar-refractivity contribution >= 4 is 50.1 Å². The van der Waals surface area contributed by atoms with E-state index >= 15 is 0 Å². The highest BCUT2D eigenvalue weighted by Crippen LogP contribution is 2.36. The molecule has 0 radical (unpaired) electrons. The number of hydrogen-bond donors (Lipinski definition) is 0. The van der Waals surface area contributed by atoms with Crippen LogP contribution in [0.25, 0.3) is 6.08 Å². The van der Waals surface area contributed by atoms with Crippen LogP contribution in [0.1, 0.15) is 12.0 Å². The van der Waals surface area contributed by atoms with Crippen molar-refractivity contribution in [3.8, 4) is 5.75 Å². The largest absolute Gasteiger partial charge is 0.497 e. The molecule has 0 N–H and O–H groups in total. The van der Waals surface area contributed by atoms with E-state index < -0.39 is 9.84 Å². The molecule has 1 atom stereocenters. The van der Waals surface area contributed by atoms with Gasteiger partial charge in [0.2, 0.25) is 0 Å². The lowest BCUT2D eigenvalue weighted by atomic mass is 10.2. The first kappa shape index (κ1) is 16.5. The number of methoxy groups -OCH3 is 1. The molecule has 2 fully saturated rings. The summed E-state index contributed by atoms with van der Waals surface area (Å²) in [6.45, 7) is 0. The summed E-state index contributed by atoms with van der Waals surface area (Å²) in [5.74, 6) is 0.594. The molecule has 122 valence electrons. The van der Waals surface area contributed by atoms with Crippen LogP contribution in [0.15, 0.2) is 29.2 Å². The second kappa shape index (κ2) is 6.26. The van der Waals surface area contributed by atoms with E-state index in [2.05, 4.69) is 0 Å². The van der Waals surface area contributed by atoms with Crippen molar-refractivity contribution in [2.75, 3.05) is 18.6 Å². The molecule has 2 heterocycles. The minimum absolute atomic E-state index is 0.00806. The zero-order chi connectivity index (χ0) is 16.6. The van der Waals surface area contributed by atoms with Gasteiger partial charge >= 0.3 is 0 Å². The zero-order valence-corrected chi connectivity index (χ0v) is 14.8. The second-order valence-corrected chi connectivity index (χ2v) is 9.29. The fourth-order valence-corrected chi connectivity index (χ4v) is 5.76. The molecule has 0 saturated carbocycles. The predicted molar refractivity (Wildman–Crippen MR) is 95.1 cm³/mol. The van der Waals surface area contributed by atoms with E-state index in [0.29, 0.717) is 21.4 Å². The lowest BCUT2D eigenvalue weighted by Gasteiger charge is -2.20. The van der Waals surface area contributed by atoms with Crippen LogP contribution in [0.3, 0.4) is 0 Å². The maximum Gasteiger partial charge on any atom is 0.266 e. The number of ether oxygens (including phenoxy) is 1. The Balaban J connectivity index is 1.85. The maximum absolute atomic E-state index is 12.6. The number of rotatable bonds is 3. The van der Waals surface area contributed by atoms with E-state index in [9.17, 15) is 13.2 Å². The van der Waals surface area contributed by atoms with Crippen molar-refractivity contribution in [3.63, 3.8) is 0 Å². The number of amides is 1. The molecular formula is C15H15NO4S3. The van der Waals surface area contributed by atoms with E-state index in [0.717, 1.165) is 5.56 Å². The van der Waals surface area contributed by atoms with Crippen LogP contribution in [0.5, 0.6) is 5.75 Å². The third-order valence-electron chi connectivity index (χ3n) is 3.79. The monoisotopic (exact) mass is 369 g/mol. The highest BCUT2D eigenvalue weighted by Gasteiger charge is 2.42. The van der Waals surface area contributed by atoms with Gasteiger partial charge in [0.1, 0.15) is 10.1 Å². The van der Waals surface area contributed by atoms with E-state index in [4.69, 9.17) is 17.0 Å². The number of sulfone groups is 1. The summed E-state index contributed by atoms with van der Waals surface area (Å²) in [6.07, 6.45) is 2.20. The van der Waals surface area contributed by atoms with Gasteiger partial charge in [0.25, 0.3) is 5.91 Å². The number of carbonyl (C=O) groups is 1. The maximum atomic E-state index is 12.6. The third kappa shape index (κ3) is 3.44. The van der Waals surface area contributed by atoms with Crippen LogP contribution in [0.4, 0.5) is 0 Å². The fourth-order valence-electron chi connectivity index (χ4n) is 2.66. The van der Waals surface area contributed by atoms with E-state index in [1.807, 2.05) is 24.3 Å². The average Bonchev–Trinajstić information content (AvgIpc) is 2.99. The van der Waals surface area contributed by atoms with Gasteiger partial charge in [0, 0.05) is 0 Å². The van der Waals surface area contributed by atoms with Crippen molar-refractivity contribution in [1.82, 2.24) is 4.90 Å². The molecule has 2 aliphatic heterocycles. The van der Waals surface area contributed by atoms with Gasteiger partial charge < -0.3 is 4.74 Å². The number of thiocarbonyl (C=S) groups is 1. The van der Waals surface area contributed by atoms with Crippen molar-refractivity contribution in [2.24, 2.45) is 0 Å². The minimum atomic E-state index is -3.06. The van der Waals surface area contributed by atoms with Crippen LogP contribution in [-0.2, 0) is 14.6 Å². The van der Waals surface area contributed by atoms with E-state index in [-0.39, 0.29) is 23.5 Å². The van der Waals surface area contributed by atoms with Gasteiger partial charge in [0.05, 0.1) is 29.6 Å². The van der Waals surface area contributed by atoms with Crippen LogP contribution >= 0.6 is 24.0 Å². The van der Waals surface area contributed by atoms with Gasteiger partial charge in [-0.3, -0.25) is 9.69 Å². The Kier molecular flexibility index (Phi) is 4.48.